The summed E-state index contributed by atoms with van der Waals surface area (Å²) in [5, 5.41) is 0.781. The number of para-hydroxylation sites is 1. The Morgan fingerprint density at radius 2 is 2.24 bits per heavy atom. The second kappa shape index (κ2) is 5.89. The molecule has 3 aromatic rings. The molecule has 4 rings (SSSR count). The number of fused-ring (bicyclic) bond motifs is 3. The first kappa shape index (κ1) is 15.6. The van der Waals surface area contributed by atoms with E-state index in [1.807, 2.05) is 25.1 Å². The van der Waals surface area contributed by atoms with Gasteiger partial charge in [0.25, 0.3) is 5.91 Å². The summed E-state index contributed by atoms with van der Waals surface area (Å²) in [6.45, 7) is 3.59. The number of hydrogen-bond donors (Lipinski definition) is 1. The van der Waals surface area contributed by atoms with E-state index in [2.05, 4.69) is 9.97 Å². The lowest BCUT2D eigenvalue weighted by Gasteiger charge is -2.30. The molecule has 0 bridgehead atoms. The van der Waals surface area contributed by atoms with Crippen LogP contribution in [0.25, 0.3) is 16.6 Å². The summed E-state index contributed by atoms with van der Waals surface area (Å²) in [6.07, 6.45) is 1.66. The van der Waals surface area contributed by atoms with Crippen LogP contribution >= 0.6 is 0 Å². The Kier molecular flexibility index (Phi) is 3.69. The van der Waals surface area contributed by atoms with E-state index >= 15 is 0 Å². The molecule has 130 valence electrons. The average molecular weight is 341 g/mol. The van der Waals surface area contributed by atoms with Crippen molar-refractivity contribution in [3.8, 4) is 5.75 Å². The molecule has 2 aromatic heterocycles. The molecule has 25 heavy (non-hydrogen) atoms. The third-order valence-corrected chi connectivity index (χ3v) is 4.39. The molecule has 1 atom stereocenters. The van der Waals surface area contributed by atoms with Crippen molar-refractivity contribution in [2.24, 2.45) is 0 Å². The van der Waals surface area contributed by atoms with Gasteiger partial charge in [-0.2, -0.15) is 0 Å². The summed E-state index contributed by atoms with van der Waals surface area (Å²) in [4.78, 5) is 23.5. The molecule has 0 aliphatic carbocycles. The minimum atomic E-state index is -0.130. The van der Waals surface area contributed by atoms with Crippen LogP contribution in [0.15, 0.2) is 24.4 Å². The van der Waals surface area contributed by atoms with Crippen LogP contribution in [0, 0.1) is 0 Å². The van der Waals surface area contributed by atoms with Gasteiger partial charge in [-0.25, -0.2) is 9.97 Å². The minimum absolute atomic E-state index is 0.0200. The van der Waals surface area contributed by atoms with Gasteiger partial charge in [0.05, 0.1) is 19.8 Å². The molecule has 3 heterocycles. The highest BCUT2D eigenvalue weighted by molar-refractivity contribution is 5.99. The van der Waals surface area contributed by atoms with Crippen LogP contribution in [0.5, 0.6) is 5.75 Å². The van der Waals surface area contributed by atoms with Gasteiger partial charge in [0.1, 0.15) is 22.6 Å². The zero-order valence-electron chi connectivity index (χ0n) is 14.1. The molecule has 0 saturated carbocycles. The molecule has 0 radical (unpaired) electrons. The number of imidazole rings is 1. The summed E-state index contributed by atoms with van der Waals surface area (Å²) >= 11 is 0. The number of rotatable bonds is 2. The standard InChI is InChI=1S/C17H19N5O3/c1-10-8-21(6-7-25-10)16(23)12-9-22-15(19-12)11-4-3-5-13(24-2)14(11)20-17(22)18/h3-5,9-10H,6-8H2,1-2H3,(H2,18,20)/t10-/m1/s1. The minimum Gasteiger partial charge on any atom is -0.494 e. The van der Waals surface area contributed by atoms with Crippen molar-refractivity contribution in [3.63, 3.8) is 0 Å². The topological polar surface area (TPSA) is 95.0 Å². The first-order valence-electron chi connectivity index (χ1n) is 8.10. The van der Waals surface area contributed by atoms with E-state index in [0.29, 0.717) is 42.3 Å². The second-order valence-corrected chi connectivity index (χ2v) is 6.08. The number of hydrogen-bond acceptors (Lipinski definition) is 6. The van der Waals surface area contributed by atoms with Crippen molar-refractivity contribution in [1.29, 1.82) is 0 Å². The number of methoxy groups -OCH3 is 1. The number of benzene rings is 1. The van der Waals surface area contributed by atoms with Crippen molar-refractivity contribution in [1.82, 2.24) is 19.3 Å². The largest absolute Gasteiger partial charge is 0.494 e. The van der Waals surface area contributed by atoms with Crippen LogP contribution in [-0.2, 0) is 4.74 Å². The van der Waals surface area contributed by atoms with Crippen molar-refractivity contribution < 1.29 is 14.3 Å². The molecule has 8 heteroatoms. The molecular weight excluding hydrogens is 322 g/mol. The van der Waals surface area contributed by atoms with E-state index in [4.69, 9.17) is 15.2 Å². The first-order chi connectivity index (χ1) is 12.1. The van der Waals surface area contributed by atoms with E-state index in [9.17, 15) is 4.79 Å². The van der Waals surface area contributed by atoms with Gasteiger partial charge in [0.2, 0.25) is 5.95 Å². The molecule has 1 aromatic carbocycles. The Morgan fingerprint density at radius 1 is 1.40 bits per heavy atom. The van der Waals surface area contributed by atoms with Gasteiger partial charge in [-0.15, -0.1) is 0 Å². The maximum atomic E-state index is 12.8. The number of ether oxygens (including phenoxy) is 2. The number of nitrogens with two attached hydrogens (primary N) is 1. The highest BCUT2D eigenvalue weighted by atomic mass is 16.5. The number of morpholine rings is 1. The van der Waals surface area contributed by atoms with Gasteiger partial charge in [0, 0.05) is 24.7 Å². The van der Waals surface area contributed by atoms with Crippen LogP contribution in [0.4, 0.5) is 5.95 Å². The molecule has 1 aliphatic heterocycles. The van der Waals surface area contributed by atoms with Gasteiger partial charge < -0.3 is 20.1 Å². The van der Waals surface area contributed by atoms with Gasteiger partial charge in [0.15, 0.2) is 0 Å². The predicted octanol–water partition coefficient (Wildman–Crippen LogP) is 1.33. The van der Waals surface area contributed by atoms with Crippen LogP contribution in [0.3, 0.4) is 0 Å². The summed E-state index contributed by atoms with van der Waals surface area (Å²) in [5.74, 6) is 0.743. The second-order valence-electron chi connectivity index (χ2n) is 6.08. The fourth-order valence-corrected chi connectivity index (χ4v) is 3.16. The molecule has 8 nitrogen and oxygen atoms in total. The number of carbonyl (C=O) groups excluding carboxylic acids is 1. The third kappa shape index (κ3) is 2.54. The lowest BCUT2D eigenvalue weighted by molar-refractivity contribution is -0.0126. The quantitative estimate of drug-likeness (QED) is 0.756. The summed E-state index contributed by atoms with van der Waals surface area (Å²) < 4.78 is 12.5. The van der Waals surface area contributed by atoms with Gasteiger partial charge >= 0.3 is 0 Å². The Morgan fingerprint density at radius 3 is 3.00 bits per heavy atom. The van der Waals surface area contributed by atoms with E-state index in [1.54, 1.807) is 22.6 Å². The third-order valence-electron chi connectivity index (χ3n) is 4.39. The molecule has 1 fully saturated rings. The zero-order chi connectivity index (χ0) is 17.6. The number of anilines is 1. The summed E-state index contributed by atoms with van der Waals surface area (Å²) in [6, 6.07) is 5.56. The van der Waals surface area contributed by atoms with Gasteiger partial charge in [-0.3, -0.25) is 9.20 Å². The molecule has 2 N–H and O–H groups in total. The van der Waals surface area contributed by atoms with E-state index in [0.717, 1.165) is 5.39 Å². The molecule has 0 spiro atoms. The maximum absolute atomic E-state index is 12.8. The van der Waals surface area contributed by atoms with Crippen LogP contribution in [0.2, 0.25) is 0 Å². The fourth-order valence-electron chi connectivity index (χ4n) is 3.16. The van der Waals surface area contributed by atoms with Gasteiger partial charge in [-0.1, -0.05) is 6.07 Å². The predicted molar refractivity (Wildman–Crippen MR) is 92.8 cm³/mol. The Balaban J connectivity index is 1.83. The van der Waals surface area contributed by atoms with Crippen molar-refractivity contribution in [2.45, 2.75) is 13.0 Å². The highest BCUT2D eigenvalue weighted by Crippen LogP contribution is 2.28. The number of carbonyl (C=O) groups is 1. The Bertz CT molecular complexity index is 968. The normalized spacial score (nSPS) is 18.0. The van der Waals surface area contributed by atoms with E-state index < -0.39 is 0 Å². The SMILES string of the molecule is COc1cccc2c1nc(N)n1cc(C(=O)N3CCO[C@H](C)C3)nc21. The van der Waals surface area contributed by atoms with E-state index in [-0.39, 0.29) is 18.0 Å². The fraction of sp³-hybridized carbons (Fsp3) is 0.353. The highest BCUT2D eigenvalue weighted by Gasteiger charge is 2.25. The maximum Gasteiger partial charge on any atom is 0.274 e. The smallest absolute Gasteiger partial charge is 0.274 e. The number of amides is 1. The zero-order valence-corrected chi connectivity index (χ0v) is 14.1. The lowest BCUT2D eigenvalue weighted by Crippen LogP contribution is -2.44. The summed E-state index contributed by atoms with van der Waals surface area (Å²) in [5.41, 5.74) is 7.63. The van der Waals surface area contributed by atoms with Crippen LogP contribution < -0.4 is 10.5 Å². The first-order valence-corrected chi connectivity index (χ1v) is 8.10. The lowest BCUT2D eigenvalue weighted by atomic mass is 10.2. The van der Waals surface area contributed by atoms with E-state index in [1.165, 1.54) is 0 Å². The number of nitrogen functional groups attached to an aromatic ring is 1. The van der Waals surface area contributed by atoms with Crippen molar-refractivity contribution in [3.05, 3.63) is 30.1 Å². The monoisotopic (exact) mass is 341 g/mol. The Hall–Kier alpha value is -2.87. The molecular formula is C17H19N5O3. The van der Waals surface area contributed by atoms with Crippen LogP contribution in [-0.4, -0.2) is 58.1 Å². The Labute approximate surface area is 144 Å². The molecule has 1 amide bonds. The molecule has 1 aliphatic rings. The molecule has 1 saturated heterocycles. The van der Waals surface area contributed by atoms with Crippen molar-refractivity contribution in [2.75, 3.05) is 32.5 Å². The van der Waals surface area contributed by atoms with Crippen LogP contribution in [0.1, 0.15) is 17.4 Å². The number of aromatic nitrogens is 3. The average Bonchev–Trinajstić information content (AvgIpc) is 3.07. The van der Waals surface area contributed by atoms with Gasteiger partial charge in [-0.05, 0) is 19.1 Å². The van der Waals surface area contributed by atoms with Crippen molar-refractivity contribution >= 4 is 28.4 Å². The summed E-state index contributed by atoms with van der Waals surface area (Å²) in [7, 11) is 1.58. The molecule has 0 unspecified atom stereocenters. The number of nitrogens with zero attached hydrogens (tertiary/aromatic N) is 4.